The van der Waals surface area contributed by atoms with Crippen LogP contribution in [0.2, 0.25) is 0 Å². The maximum Gasteiger partial charge on any atom is 0.257 e. The molecule has 0 saturated carbocycles. The highest BCUT2D eigenvalue weighted by molar-refractivity contribution is 9.10. The average molecular weight is 336 g/mol. The standard InChI is InChI=1S/C14H14BrN3O2/c1-9-13(14(20)17-6-12(19)7-17)8-18(16-9)11-4-2-10(15)3-5-11/h2-5,8,12,19H,6-7H2,1H3. The molecule has 1 amide bonds. The van der Waals surface area contributed by atoms with Gasteiger partial charge in [-0.2, -0.15) is 5.10 Å². The maximum absolute atomic E-state index is 12.2. The second-order valence-corrected chi connectivity index (χ2v) is 5.83. The van der Waals surface area contributed by atoms with Crippen molar-refractivity contribution in [3.63, 3.8) is 0 Å². The van der Waals surface area contributed by atoms with Crippen LogP contribution in [0.15, 0.2) is 34.9 Å². The normalized spacial score (nSPS) is 15.2. The van der Waals surface area contributed by atoms with Crippen molar-refractivity contribution < 1.29 is 9.90 Å². The molecule has 20 heavy (non-hydrogen) atoms. The van der Waals surface area contributed by atoms with Crippen molar-refractivity contribution in [3.8, 4) is 5.69 Å². The lowest BCUT2D eigenvalue weighted by atomic mass is 10.1. The molecule has 0 radical (unpaired) electrons. The number of aryl methyl sites for hydroxylation is 1. The molecule has 6 heteroatoms. The number of hydrogen-bond donors (Lipinski definition) is 1. The van der Waals surface area contributed by atoms with Gasteiger partial charge in [-0.1, -0.05) is 15.9 Å². The summed E-state index contributed by atoms with van der Waals surface area (Å²) in [6, 6.07) is 7.72. The Balaban J connectivity index is 1.87. The molecule has 3 rings (SSSR count). The van der Waals surface area contributed by atoms with Crippen LogP contribution in [0.25, 0.3) is 5.69 Å². The summed E-state index contributed by atoms with van der Waals surface area (Å²) in [6.45, 7) is 2.63. The van der Waals surface area contributed by atoms with Crippen LogP contribution in [0.1, 0.15) is 16.1 Å². The fraction of sp³-hybridized carbons (Fsp3) is 0.286. The third-order valence-electron chi connectivity index (χ3n) is 3.37. The van der Waals surface area contributed by atoms with Gasteiger partial charge < -0.3 is 10.0 Å². The Morgan fingerprint density at radius 2 is 2.00 bits per heavy atom. The highest BCUT2D eigenvalue weighted by atomic mass is 79.9. The van der Waals surface area contributed by atoms with Crippen molar-refractivity contribution in [2.24, 2.45) is 0 Å². The zero-order chi connectivity index (χ0) is 14.3. The molecule has 1 aromatic carbocycles. The van der Waals surface area contributed by atoms with Gasteiger partial charge in [0.15, 0.2) is 0 Å². The Labute approximate surface area is 124 Å². The van der Waals surface area contributed by atoms with Gasteiger partial charge in [-0.3, -0.25) is 4.79 Å². The van der Waals surface area contributed by atoms with Crippen molar-refractivity contribution in [1.29, 1.82) is 0 Å². The first-order valence-corrected chi connectivity index (χ1v) is 7.13. The summed E-state index contributed by atoms with van der Waals surface area (Å²) in [5.41, 5.74) is 2.18. The minimum Gasteiger partial charge on any atom is -0.389 e. The molecule has 1 aromatic heterocycles. The van der Waals surface area contributed by atoms with E-state index < -0.39 is 0 Å². The summed E-state index contributed by atoms with van der Waals surface area (Å²) in [5, 5.41) is 13.7. The summed E-state index contributed by atoms with van der Waals surface area (Å²) < 4.78 is 2.70. The van der Waals surface area contributed by atoms with Crippen molar-refractivity contribution in [1.82, 2.24) is 14.7 Å². The average Bonchev–Trinajstić information content (AvgIpc) is 2.77. The molecular formula is C14H14BrN3O2. The number of amides is 1. The zero-order valence-electron chi connectivity index (χ0n) is 11.0. The molecule has 1 aliphatic rings. The summed E-state index contributed by atoms with van der Waals surface area (Å²) in [5.74, 6) is -0.0730. The number of hydrogen-bond acceptors (Lipinski definition) is 3. The number of likely N-dealkylation sites (tertiary alicyclic amines) is 1. The van der Waals surface area contributed by atoms with Crippen molar-refractivity contribution in [2.75, 3.05) is 13.1 Å². The van der Waals surface area contributed by atoms with Gasteiger partial charge in [0.1, 0.15) is 0 Å². The number of aliphatic hydroxyl groups is 1. The van der Waals surface area contributed by atoms with Crippen LogP contribution >= 0.6 is 15.9 Å². The number of nitrogens with zero attached hydrogens (tertiary/aromatic N) is 3. The van der Waals surface area contributed by atoms with Crippen molar-refractivity contribution >= 4 is 21.8 Å². The Morgan fingerprint density at radius 1 is 1.35 bits per heavy atom. The topological polar surface area (TPSA) is 58.4 Å². The number of carbonyl (C=O) groups is 1. The van der Waals surface area contributed by atoms with E-state index in [4.69, 9.17) is 0 Å². The highest BCUT2D eigenvalue weighted by Gasteiger charge is 2.31. The lowest BCUT2D eigenvalue weighted by Crippen LogP contribution is -2.53. The van der Waals surface area contributed by atoms with Crippen LogP contribution in [0.4, 0.5) is 0 Å². The predicted molar refractivity (Wildman–Crippen MR) is 77.9 cm³/mol. The molecule has 0 bridgehead atoms. The van der Waals surface area contributed by atoms with Crippen LogP contribution in [-0.2, 0) is 0 Å². The maximum atomic E-state index is 12.2. The van der Waals surface area contributed by atoms with Gasteiger partial charge in [-0.25, -0.2) is 4.68 Å². The Kier molecular flexibility index (Phi) is 3.35. The Hall–Kier alpha value is -1.66. The molecule has 0 atom stereocenters. The number of benzene rings is 1. The molecule has 1 fully saturated rings. The van der Waals surface area contributed by atoms with E-state index in [-0.39, 0.29) is 12.0 Å². The van der Waals surface area contributed by atoms with Gasteiger partial charge in [-0.15, -0.1) is 0 Å². The first-order chi connectivity index (χ1) is 9.54. The van der Waals surface area contributed by atoms with Crippen molar-refractivity contribution in [2.45, 2.75) is 13.0 Å². The zero-order valence-corrected chi connectivity index (χ0v) is 12.5. The fourth-order valence-electron chi connectivity index (χ4n) is 2.19. The third kappa shape index (κ3) is 2.36. The molecular weight excluding hydrogens is 322 g/mol. The first-order valence-electron chi connectivity index (χ1n) is 6.34. The molecule has 1 aliphatic heterocycles. The van der Waals surface area contributed by atoms with Crippen LogP contribution in [0, 0.1) is 6.92 Å². The Bertz CT molecular complexity index is 645. The Morgan fingerprint density at radius 3 is 2.60 bits per heavy atom. The fourth-order valence-corrected chi connectivity index (χ4v) is 2.45. The number of carbonyl (C=O) groups excluding carboxylic acids is 1. The first kappa shape index (κ1) is 13.3. The quantitative estimate of drug-likeness (QED) is 0.909. The van der Waals surface area contributed by atoms with E-state index in [1.54, 1.807) is 15.8 Å². The van der Waals surface area contributed by atoms with Crippen LogP contribution in [0.3, 0.4) is 0 Å². The second-order valence-electron chi connectivity index (χ2n) is 4.91. The molecule has 104 valence electrons. The minimum absolute atomic E-state index is 0.0730. The second kappa shape index (κ2) is 5.03. The van der Waals surface area contributed by atoms with Gasteiger partial charge in [0, 0.05) is 23.8 Å². The van der Waals surface area contributed by atoms with E-state index in [1.165, 1.54) is 0 Å². The monoisotopic (exact) mass is 335 g/mol. The highest BCUT2D eigenvalue weighted by Crippen LogP contribution is 2.19. The predicted octanol–water partition coefficient (Wildman–Crippen LogP) is 1.76. The number of halogens is 1. The van der Waals surface area contributed by atoms with Gasteiger partial charge in [-0.05, 0) is 31.2 Å². The summed E-state index contributed by atoms with van der Waals surface area (Å²) in [6.07, 6.45) is 1.35. The van der Waals surface area contributed by atoms with Gasteiger partial charge in [0.05, 0.1) is 23.0 Å². The van der Waals surface area contributed by atoms with Crippen LogP contribution in [-0.4, -0.2) is 44.9 Å². The number of aromatic nitrogens is 2. The molecule has 5 nitrogen and oxygen atoms in total. The lowest BCUT2D eigenvalue weighted by Gasteiger charge is -2.35. The smallest absolute Gasteiger partial charge is 0.257 e. The lowest BCUT2D eigenvalue weighted by molar-refractivity contribution is 0.00584. The minimum atomic E-state index is -0.388. The van der Waals surface area contributed by atoms with Crippen LogP contribution in [0.5, 0.6) is 0 Å². The molecule has 0 unspecified atom stereocenters. The van der Waals surface area contributed by atoms with Gasteiger partial charge in [0.25, 0.3) is 5.91 Å². The third-order valence-corrected chi connectivity index (χ3v) is 3.90. The molecule has 2 heterocycles. The van der Waals surface area contributed by atoms with E-state index in [1.807, 2.05) is 31.2 Å². The molecule has 1 saturated heterocycles. The summed E-state index contributed by atoms with van der Waals surface area (Å²) >= 11 is 3.39. The number of β-amino-alcohol motifs (C(OH)–C–C–N with tert-alkyl or cyclic N) is 1. The van der Waals surface area contributed by atoms with E-state index in [0.717, 1.165) is 10.2 Å². The van der Waals surface area contributed by atoms with E-state index in [0.29, 0.717) is 24.3 Å². The molecule has 0 aliphatic carbocycles. The molecule has 1 N–H and O–H groups in total. The number of aliphatic hydroxyl groups excluding tert-OH is 1. The largest absolute Gasteiger partial charge is 0.389 e. The van der Waals surface area contributed by atoms with Gasteiger partial charge >= 0.3 is 0 Å². The van der Waals surface area contributed by atoms with Crippen molar-refractivity contribution in [3.05, 3.63) is 46.2 Å². The van der Waals surface area contributed by atoms with E-state index >= 15 is 0 Å². The molecule has 2 aromatic rings. The molecule has 0 spiro atoms. The van der Waals surface area contributed by atoms with Gasteiger partial charge in [0.2, 0.25) is 0 Å². The van der Waals surface area contributed by atoms with Crippen LogP contribution < -0.4 is 0 Å². The summed E-state index contributed by atoms with van der Waals surface area (Å²) in [4.78, 5) is 13.9. The summed E-state index contributed by atoms with van der Waals surface area (Å²) in [7, 11) is 0. The van der Waals surface area contributed by atoms with E-state index in [9.17, 15) is 9.90 Å². The number of rotatable bonds is 2. The van der Waals surface area contributed by atoms with E-state index in [2.05, 4.69) is 21.0 Å². The SMILES string of the molecule is Cc1nn(-c2ccc(Br)cc2)cc1C(=O)N1CC(O)C1.